The highest BCUT2D eigenvalue weighted by molar-refractivity contribution is 7.99. The molecule has 0 radical (unpaired) electrons. The molecule has 0 unspecified atom stereocenters. The van der Waals surface area contributed by atoms with Crippen LogP contribution in [-0.4, -0.2) is 41.3 Å². The Morgan fingerprint density at radius 2 is 1.73 bits per heavy atom. The Balaban J connectivity index is 1.44. The summed E-state index contributed by atoms with van der Waals surface area (Å²) in [5, 5.41) is 7.75. The molecule has 7 heteroatoms. The summed E-state index contributed by atoms with van der Waals surface area (Å²) in [5.41, 5.74) is 3.04. The van der Waals surface area contributed by atoms with Crippen molar-refractivity contribution in [2.45, 2.75) is 6.54 Å². The van der Waals surface area contributed by atoms with Gasteiger partial charge in [-0.2, -0.15) is 11.8 Å². The number of amides is 2. The van der Waals surface area contributed by atoms with Crippen LogP contribution in [0.3, 0.4) is 0 Å². The van der Waals surface area contributed by atoms with Crippen molar-refractivity contribution in [2.75, 3.05) is 35.2 Å². The molecule has 1 aliphatic heterocycles. The van der Waals surface area contributed by atoms with E-state index in [2.05, 4.69) is 21.6 Å². The van der Waals surface area contributed by atoms with Gasteiger partial charge in [-0.3, -0.25) is 14.5 Å². The molecule has 4 rings (SSSR count). The second kappa shape index (κ2) is 9.93. The van der Waals surface area contributed by atoms with E-state index in [-0.39, 0.29) is 11.8 Å². The van der Waals surface area contributed by atoms with Gasteiger partial charge in [0.2, 0.25) is 0 Å². The molecule has 5 nitrogen and oxygen atoms in total. The van der Waals surface area contributed by atoms with E-state index in [4.69, 9.17) is 0 Å². The topological polar surface area (TPSA) is 61.4 Å². The van der Waals surface area contributed by atoms with Crippen LogP contribution in [-0.2, 0) is 6.54 Å². The zero-order chi connectivity index (χ0) is 20.8. The third kappa shape index (κ3) is 5.30. The first-order chi connectivity index (χ1) is 14.7. The minimum atomic E-state index is -0.191. The van der Waals surface area contributed by atoms with Gasteiger partial charge in [0, 0.05) is 48.1 Å². The number of nitrogens with one attached hydrogen (secondary N) is 2. The molecular weight excluding hydrogens is 414 g/mol. The molecule has 1 aliphatic rings. The minimum Gasteiger partial charge on any atom is -0.322 e. The van der Waals surface area contributed by atoms with E-state index in [1.165, 1.54) is 11.3 Å². The molecule has 1 saturated heterocycles. The Morgan fingerprint density at radius 3 is 2.53 bits per heavy atom. The first kappa shape index (κ1) is 20.7. The average molecular weight is 438 g/mol. The molecule has 154 valence electrons. The van der Waals surface area contributed by atoms with Crippen LogP contribution in [0.1, 0.15) is 25.6 Å². The highest BCUT2D eigenvalue weighted by Gasteiger charge is 2.15. The van der Waals surface area contributed by atoms with E-state index in [9.17, 15) is 9.59 Å². The Hall–Kier alpha value is -2.61. The maximum atomic E-state index is 12.9. The number of nitrogens with zero attached hydrogens (tertiary/aromatic N) is 1. The van der Waals surface area contributed by atoms with Crippen molar-refractivity contribution in [1.29, 1.82) is 0 Å². The van der Waals surface area contributed by atoms with E-state index < -0.39 is 0 Å². The fourth-order valence-corrected chi connectivity index (χ4v) is 4.91. The summed E-state index contributed by atoms with van der Waals surface area (Å²) in [4.78, 5) is 28.2. The molecule has 2 N–H and O–H groups in total. The predicted octanol–water partition coefficient (Wildman–Crippen LogP) is 4.80. The van der Waals surface area contributed by atoms with Gasteiger partial charge in [0.1, 0.15) is 0 Å². The predicted molar refractivity (Wildman–Crippen MR) is 126 cm³/mol. The summed E-state index contributed by atoms with van der Waals surface area (Å²) < 4.78 is 0. The highest BCUT2D eigenvalue weighted by atomic mass is 32.2. The number of carbonyl (C=O) groups excluding carboxylic acids is 2. The fraction of sp³-hybridized carbons (Fsp3) is 0.217. The van der Waals surface area contributed by atoms with E-state index in [0.29, 0.717) is 16.1 Å². The lowest BCUT2D eigenvalue weighted by Crippen LogP contribution is -2.32. The first-order valence-electron chi connectivity index (χ1n) is 9.83. The molecule has 0 aliphatic carbocycles. The molecular formula is C23H23N3O2S2. The number of benzene rings is 2. The standard InChI is InChI=1S/C23H23N3O2S2/c27-22(17-6-3-7-19(15-17)24-23(28)21-9-4-12-30-21)25-20-8-2-1-5-18(20)16-26-10-13-29-14-11-26/h1-9,12,15H,10-11,13-14,16H2,(H,24,28)(H,25,27). The fourth-order valence-electron chi connectivity index (χ4n) is 3.31. The van der Waals surface area contributed by atoms with Gasteiger partial charge < -0.3 is 10.6 Å². The van der Waals surface area contributed by atoms with Crippen LogP contribution in [0, 0.1) is 0 Å². The molecule has 2 heterocycles. The van der Waals surface area contributed by atoms with Crippen molar-refractivity contribution in [3.8, 4) is 0 Å². The van der Waals surface area contributed by atoms with Crippen molar-refractivity contribution in [2.24, 2.45) is 0 Å². The maximum Gasteiger partial charge on any atom is 0.265 e. The number of rotatable bonds is 6. The second-order valence-electron chi connectivity index (χ2n) is 7.01. The zero-order valence-electron chi connectivity index (χ0n) is 16.5. The lowest BCUT2D eigenvalue weighted by atomic mass is 10.1. The van der Waals surface area contributed by atoms with Crippen LogP contribution in [0.4, 0.5) is 11.4 Å². The summed E-state index contributed by atoms with van der Waals surface area (Å²) in [7, 11) is 0. The Labute approximate surface area is 184 Å². The average Bonchev–Trinajstić information content (AvgIpc) is 3.31. The number of carbonyl (C=O) groups is 2. The van der Waals surface area contributed by atoms with Crippen molar-refractivity contribution in [3.63, 3.8) is 0 Å². The molecule has 30 heavy (non-hydrogen) atoms. The normalized spacial score (nSPS) is 14.3. The van der Waals surface area contributed by atoms with E-state index in [0.717, 1.165) is 42.4 Å². The molecule has 0 saturated carbocycles. The summed E-state index contributed by atoms with van der Waals surface area (Å²) in [6, 6.07) is 18.6. The molecule has 0 spiro atoms. The number of thioether (sulfide) groups is 1. The van der Waals surface area contributed by atoms with Crippen LogP contribution < -0.4 is 10.6 Å². The summed E-state index contributed by atoms with van der Waals surface area (Å²) >= 11 is 3.37. The lowest BCUT2D eigenvalue weighted by Gasteiger charge is -2.27. The van der Waals surface area contributed by atoms with Crippen molar-refractivity contribution < 1.29 is 9.59 Å². The molecule has 3 aromatic rings. The number of hydrogen-bond donors (Lipinski definition) is 2. The number of thiophene rings is 1. The monoisotopic (exact) mass is 437 g/mol. The van der Waals surface area contributed by atoms with Gasteiger partial charge in [-0.05, 0) is 41.3 Å². The maximum absolute atomic E-state index is 12.9. The van der Waals surface area contributed by atoms with Crippen LogP contribution in [0.5, 0.6) is 0 Å². The van der Waals surface area contributed by atoms with Crippen LogP contribution in [0.15, 0.2) is 66.0 Å². The quantitative estimate of drug-likeness (QED) is 0.581. The van der Waals surface area contributed by atoms with Gasteiger partial charge in [0.05, 0.1) is 4.88 Å². The largest absolute Gasteiger partial charge is 0.322 e. The molecule has 1 fully saturated rings. The smallest absolute Gasteiger partial charge is 0.265 e. The zero-order valence-corrected chi connectivity index (χ0v) is 18.1. The van der Waals surface area contributed by atoms with Gasteiger partial charge in [0.15, 0.2) is 0 Å². The summed E-state index contributed by atoms with van der Waals surface area (Å²) in [5.74, 6) is 1.94. The summed E-state index contributed by atoms with van der Waals surface area (Å²) in [6.45, 7) is 2.96. The molecule has 2 aromatic carbocycles. The van der Waals surface area contributed by atoms with E-state index in [1.807, 2.05) is 41.4 Å². The van der Waals surface area contributed by atoms with Crippen molar-refractivity contribution in [1.82, 2.24) is 4.90 Å². The minimum absolute atomic E-state index is 0.174. The van der Waals surface area contributed by atoms with Gasteiger partial charge in [-0.15, -0.1) is 11.3 Å². The third-order valence-electron chi connectivity index (χ3n) is 4.89. The van der Waals surface area contributed by atoms with Gasteiger partial charge in [-0.1, -0.05) is 30.3 Å². The third-order valence-corrected chi connectivity index (χ3v) is 6.70. The van der Waals surface area contributed by atoms with Crippen LogP contribution in [0.25, 0.3) is 0 Å². The summed E-state index contributed by atoms with van der Waals surface area (Å²) in [6.07, 6.45) is 0. The number of para-hydroxylation sites is 1. The number of hydrogen-bond acceptors (Lipinski definition) is 5. The van der Waals surface area contributed by atoms with Gasteiger partial charge >= 0.3 is 0 Å². The van der Waals surface area contributed by atoms with Gasteiger partial charge in [-0.25, -0.2) is 0 Å². The van der Waals surface area contributed by atoms with Crippen molar-refractivity contribution >= 4 is 46.3 Å². The molecule has 0 bridgehead atoms. The molecule has 0 atom stereocenters. The molecule has 2 amide bonds. The first-order valence-corrected chi connectivity index (χ1v) is 11.9. The van der Waals surface area contributed by atoms with E-state index in [1.54, 1.807) is 30.3 Å². The number of anilines is 2. The Kier molecular flexibility index (Phi) is 6.84. The molecule has 1 aromatic heterocycles. The van der Waals surface area contributed by atoms with Crippen molar-refractivity contribution in [3.05, 3.63) is 82.0 Å². The van der Waals surface area contributed by atoms with Crippen LogP contribution >= 0.6 is 23.1 Å². The Bertz CT molecular complexity index is 1010. The Morgan fingerprint density at radius 1 is 0.900 bits per heavy atom. The SMILES string of the molecule is O=C(Nc1ccccc1CN1CCSCC1)c1cccc(NC(=O)c2cccs2)c1. The van der Waals surface area contributed by atoms with Gasteiger partial charge in [0.25, 0.3) is 11.8 Å². The second-order valence-corrected chi connectivity index (χ2v) is 9.18. The van der Waals surface area contributed by atoms with E-state index >= 15 is 0 Å². The van der Waals surface area contributed by atoms with Crippen LogP contribution in [0.2, 0.25) is 0 Å². The lowest BCUT2D eigenvalue weighted by molar-refractivity contribution is 0.101. The highest BCUT2D eigenvalue weighted by Crippen LogP contribution is 2.21.